The topological polar surface area (TPSA) is 104 Å². The van der Waals surface area contributed by atoms with Crippen molar-refractivity contribution in [3.8, 4) is 0 Å². The third-order valence-corrected chi connectivity index (χ3v) is 4.54. The van der Waals surface area contributed by atoms with E-state index < -0.39 is 12.1 Å². The van der Waals surface area contributed by atoms with Crippen LogP contribution in [0.1, 0.15) is 25.1 Å². The number of nitrogens with one attached hydrogen (secondary N) is 2. The molecule has 1 atom stereocenters. The zero-order chi connectivity index (χ0) is 18.5. The van der Waals surface area contributed by atoms with E-state index in [-0.39, 0.29) is 11.5 Å². The molecule has 1 aromatic carbocycles. The van der Waals surface area contributed by atoms with Crippen LogP contribution in [0.25, 0.3) is 10.9 Å². The number of piperidine rings is 1. The van der Waals surface area contributed by atoms with Crippen LogP contribution in [0, 0.1) is 0 Å². The number of carbonyl (C=O) groups is 2. The smallest absolute Gasteiger partial charge is 0.410 e. The second-order valence-corrected chi connectivity index (χ2v) is 6.25. The van der Waals surface area contributed by atoms with E-state index in [0.717, 1.165) is 12.8 Å². The molecule has 2 heterocycles. The fourth-order valence-electron chi connectivity index (χ4n) is 3.22. The number of likely N-dealkylation sites (tertiary alicyclic amines) is 1. The SMILES string of the molecule is COC(=O)N1CCCC[C@@H]1C(=O)NCCc1nc2ccccc2c(=O)[nH]1. The van der Waals surface area contributed by atoms with Crippen molar-refractivity contribution in [2.24, 2.45) is 0 Å². The van der Waals surface area contributed by atoms with Crippen molar-refractivity contribution in [2.75, 3.05) is 20.2 Å². The molecule has 0 radical (unpaired) electrons. The van der Waals surface area contributed by atoms with E-state index >= 15 is 0 Å². The third-order valence-electron chi connectivity index (χ3n) is 4.54. The molecule has 3 rings (SSSR count). The maximum atomic E-state index is 12.4. The second-order valence-electron chi connectivity index (χ2n) is 6.25. The Morgan fingerprint density at radius 1 is 1.35 bits per heavy atom. The molecule has 0 bridgehead atoms. The number of hydrogen-bond donors (Lipinski definition) is 2. The van der Waals surface area contributed by atoms with Crippen molar-refractivity contribution in [2.45, 2.75) is 31.7 Å². The highest BCUT2D eigenvalue weighted by Crippen LogP contribution is 2.18. The maximum absolute atomic E-state index is 12.4. The van der Waals surface area contributed by atoms with Gasteiger partial charge in [-0.05, 0) is 31.4 Å². The number of nitrogens with zero attached hydrogens (tertiary/aromatic N) is 2. The number of para-hydroxylation sites is 1. The molecule has 2 N–H and O–H groups in total. The van der Waals surface area contributed by atoms with Crippen LogP contribution in [0.4, 0.5) is 4.79 Å². The van der Waals surface area contributed by atoms with E-state index in [1.807, 2.05) is 6.07 Å². The Morgan fingerprint density at radius 3 is 2.96 bits per heavy atom. The van der Waals surface area contributed by atoms with E-state index in [1.54, 1.807) is 18.2 Å². The molecule has 0 aliphatic carbocycles. The van der Waals surface area contributed by atoms with E-state index in [4.69, 9.17) is 4.74 Å². The maximum Gasteiger partial charge on any atom is 0.410 e. The minimum Gasteiger partial charge on any atom is -0.453 e. The lowest BCUT2D eigenvalue weighted by Crippen LogP contribution is -2.52. The van der Waals surface area contributed by atoms with Crippen LogP contribution in [0.15, 0.2) is 29.1 Å². The Morgan fingerprint density at radius 2 is 2.15 bits per heavy atom. The molecule has 8 heteroatoms. The fraction of sp³-hybridized carbons (Fsp3) is 0.444. The molecule has 1 aliphatic rings. The number of benzene rings is 1. The highest BCUT2D eigenvalue weighted by atomic mass is 16.5. The first-order chi connectivity index (χ1) is 12.6. The summed E-state index contributed by atoms with van der Waals surface area (Å²) in [5.74, 6) is 0.306. The van der Waals surface area contributed by atoms with Gasteiger partial charge in [-0.25, -0.2) is 9.78 Å². The largest absolute Gasteiger partial charge is 0.453 e. The minimum atomic E-state index is -0.514. The molecule has 1 saturated heterocycles. The summed E-state index contributed by atoms with van der Waals surface area (Å²) in [5, 5.41) is 3.37. The van der Waals surface area contributed by atoms with Gasteiger partial charge in [0.2, 0.25) is 5.91 Å². The molecule has 0 saturated carbocycles. The lowest BCUT2D eigenvalue weighted by molar-refractivity contribution is -0.126. The normalized spacial score (nSPS) is 17.1. The Kier molecular flexibility index (Phi) is 5.50. The highest BCUT2D eigenvalue weighted by Gasteiger charge is 2.32. The van der Waals surface area contributed by atoms with E-state index in [0.29, 0.717) is 42.7 Å². The molecule has 1 aromatic heterocycles. The number of aromatic amines is 1. The van der Waals surface area contributed by atoms with Crippen LogP contribution in [-0.2, 0) is 16.0 Å². The van der Waals surface area contributed by atoms with Crippen molar-refractivity contribution in [3.63, 3.8) is 0 Å². The lowest BCUT2D eigenvalue weighted by atomic mass is 10.0. The van der Waals surface area contributed by atoms with Gasteiger partial charge in [-0.3, -0.25) is 14.5 Å². The Bertz CT molecular complexity index is 864. The number of carbonyl (C=O) groups excluding carboxylic acids is 2. The van der Waals surface area contributed by atoms with Crippen molar-refractivity contribution in [1.82, 2.24) is 20.2 Å². The van der Waals surface area contributed by atoms with Gasteiger partial charge in [0.1, 0.15) is 11.9 Å². The summed E-state index contributed by atoms with van der Waals surface area (Å²) in [6.07, 6.45) is 2.29. The number of amides is 2. The van der Waals surface area contributed by atoms with Gasteiger partial charge in [0.15, 0.2) is 0 Å². The molecule has 1 fully saturated rings. The molecule has 0 unspecified atom stereocenters. The fourth-order valence-corrected chi connectivity index (χ4v) is 3.22. The average Bonchev–Trinajstić information content (AvgIpc) is 2.67. The molecular formula is C18H22N4O4. The van der Waals surface area contributed by atoms with Crippen LogP contribution in [0.3, 0.4) is 0 Å². The van der Waals surface area contributed by atoms with Crippen LogP contribution >= 0.6 is 0 Å². The van der Waals surface area contributed by atoms with Crippen LogP contribution in [0.5, 0.6) is 0 Å². The van der Waals surface area contributed by atoms with Gasteiger partial charge in [0, 0.05) is 19.5 Å². The van der Waals surface area contributed by atoms with Gasteiger partial charge >= 0.3 is 6.09 Å². The van der Waals surface area contributed by atoms with Gasteiger partial charge in [-0.2, -0.15) is 0 Å². The van der Waals surface area contributed by atoms with Gasteiger partial charge in [-0.1, -0.05) is 12.1 Å². The quantitative estimate of drug-likeness (QED) is 0.855. The Hall–Kier alpha value is -2.90. The van der Waals surface area contributed by atoms with Gasteiger partial charge in [-0.15, -0.1) is 0 Å². The molecule has 26 heavy (non-hydrogen) atoms. The summed E-state index contributed by atoms with van der Waals surface area (Å²) in [5.41, 5.74) is 0.433. The zero-order valence-electron chi connectivity index (χ0n) is 14.7. The van der Waals surface area contributed by atoms with E-state index in [9.17, 15) is 14.4 Å². The molecule has 2 aromatic rings. The number of ether oxygens (including phenoxy) is 1. The summed E-state index contributed by atoms with van der Waals surface area (Å²) in [7, 11) is 1.31. The first-order valence-electron chi connectivity index (χ1n) is 8.70. The van der Waals surface area contributed by atoms with Gasteiger partial charge in [0.25, 0.3) is 5.56 Å². The summed E-state index contributed by atoms with van der Waals surface area (Å²) in [6.45, 7) is 0.843. The van der Waals surface area contributed by atoms with Crippen molar-refractivity contribution in [1.29, 1.82) is 0 Å². The summed E-state index contributed by atoms with van der Waals surface area (Å²) in [6, 6.07) is 6.60. The number of rotatable bonds is 4. The van der Waals surface area contributed by atoms with E-state index in [1.165, 1.54) is 12.0 Å². The summed E-state index contributed by atoms with van der Waals surface area (Å²) in [4.78, 5) is 44.9. The number of methoxy groups -OCH3 is 1. The number of fused-ring (bicyclic) bond motifs is 1. The lowest BCUT2D eigenvalue weighted by Gasteiger charge is -2.33. The predicted octanol–water partition coefficient (Wildman–Crippen LogP) is 1.20. The average molecular weight is 358 g/mol. The number of aromatic nitrogens is 2. The molecule has 138 valence electrons. The third kappa shape index (κ3) is 3.84. The number of H-pyrrole nitrogens is 1. The first kappa shape index (κ1) is 17.9. The van der Waals surface area contributed by atoms with Gasteiger partial charge in [0.05, 0.1) is 18.0 Å². The van der Waals surface area contributed by atoms with Gasteiger partial charge < -0.3 is 15.0 Å². The first-order valence-corrected chi connectivity index (χ1v) is 8.70. The summed E-state index contributed by atoms with van der Waals surface area (Å²) < 4.78 is 4.76. The zero-order valence-corrected chi connectivity index (χ0v) is 14.7. The molecule has 8 nitrogen and oxygen atoms in total. The highest BCUT2D eigenvalue weighted by molar-refractivity contribution is 5.85. The van der Waals surface area contributed by atoms with Crippen molar-refractivity contribution >= 4 is 22.9 Å². The Balaban J connectivity index is 1.61. The molecule has 0 spiro atoms. The second kappa shape index (κ2) is 7.99. The predicted molar refractivity (Wildman–Crippen MR) is 95.8 cm³/mol. The van der Waals surface area contributed by atoms with Crippen LogP contribution in [0.2, 0.25) is 0 Å². The summed E-state index contributed by atoms with van der Waals surface area (Å²) >= 11 is 0. The Labute approximate surface area is 150 Å². The van der Waals surface area contributed by atoms with Crippen molar-refractivity contribution < 1.29 is 14.3 Å². The standard InChI is InChI=1S/C18H22N4O4/c1-26-18(25)22-11-5-4-8-14(22)17(24)19-10-9-15-20-13-7-3-2-6-12(13)16(23)21-15/h2-3,6-7,14H,4-5,8-11H2,1H3,(H,19,24)(H,20,21,23)/t14-/m1/s1. The molecular weight excluding hydrogens is 336 g/mol. The molecule has 1 aliphatic heterocycles. The number of hydrogen-bond acceptors (Lipinski definition) is 5. The van der Waals surface area contributed by atoms with E-state index in [2.05, 4.69) is 15.3 Å². The monoisotopic (exact) mass is 358 g/mol. The van der Waals surface area contributed by atoms with Crippen LogP contribution in [-0.4, -0.2) is 53.1 Å². The van der Waals surface area contributed by atoms with Crippen molar-refractivity contribution in [3.05, 3.63) is 40.4 Å². The van der Waals surface area contributed by atoms with Crippen LogP contribution < -0.4 is 10.9 Å². The minimum absolute atomic E-state index is 0.193. The molecule has 2 amide bonds.